The lowest BCUT2D eigenvalue weighted by molar-refractivity contribution is -0.143. The third-order valence-electron chi connectivity index (χ3n) is 3.71. The number of likely N-dealkylation sites (N-methyl/N-ethyl adjacent to an activating group) is 1. The van der Waals surface area contributed by atoms with Crippen LogP contribution in [0, 0.1) is 12.8 Å². The summed E-state index contributed by atoms with van der Waals surface area (Å²) in [5, 5.41) is 9.23. The molecule has 0 bridgehead atoms. The molecule has 1 N–H and O–H groups in total. The number of carboxylic acid groups (broad SMARTS) is 1. The number of carbonyl (C=O) groups is 1. The van der Waals surface area contributed by atoms with Crippen LogP contribution in [0.25, 0.3) is 0 Å². The van der Waals surface area contributed by atoms with Gasteiger partial charge >= 0.3 is 5.97 Å². The molecule has 1 aromatic heterocycles. The maximum absolute atomic E-state index is 11.2. The molecule has 2 unspecified atom stereocenters. The topological polar surface area (TPSA) is 62.7 Å². The fourth-order valence-electron chi connectivity index (χ4n) is 2.48. The van der Waals surface area contributed by atoms with Gasteiger partial charge in [0, 0.05) is 18.8 Å². The highest BCUT2D eigenvalue weighted by Crippen LogP contribution is 2.22. The minimum Gasteiger partial charge on any atom is -0.481 e. The van der Waals surface area contributed by atoms with Crippen molar-refractivity contribution in [1.29, 1.82) is 0 Å². The molecule has 1 fully saturated rings. The summed E-state index contributed by atoms with van der Waals surface area (Å²) in [5.74, 6) is -1.22. The van der Waals surface area contributed by atoms with Crippen LogP contribution in [0.5, 0.6) is 0 Å². The van der Waals surface area contributed by atoms with Crippen LogP contribution in [-0.2, 0) is 16.1 Å². The second kappa shape index (κ2) is 6.12. The van der Waals surface area contributed by atoms with E-state index < -0.39 is 11.9 Å². The number of aryl methyl sites for hydroxylation is 1. The molecule has 5 nitrogen and oxygen atoms in total. The Labute approximate surface area is 113 Å². The van der Waals surface area contributed by atoms with E-state index in [1.807, 2.05) is 26.0 Å². The maximum atomic E-state index is 11.2. The lowest BCUT2D eigenvalue weighted by atomic mass is 10.0. The Morgan fingerprint density at radius 3 is 3.00 bits per heavy atom. The van der Waals surface area contributed by atoms with Crippen LogP contribution < -0.4 is 0 Å². The molecule has 0 radical (unpaired) electrons. The minimum absolute atomic E-state index is 0.0658. The molecule has 1 aliphatic heterocycles. The van der Waals surface area contributed by atoms with Gasteiger partial charge in [-0.3, -0.25) is 14.7 Å². The highest BCUT2D eigenvalue weighted by Gasteiger charge is 2.37. The standard InChI is InChI=1S/C14H20N2O3/c1-3-16(7-12-10(2)5-4-6-15-12)13-9-19-8-11(13)14(17)18/h4-6,11,13H,3,7-9H2,1-2H3,(H,17,18). The van der Waals surface area contributed by atoms with Crippen LogP contribution >= 0.6 is 0 Å². The number of hydrogen-bond donors (Lipinski definition) is 1. The first kappa shape index (κ1) is 14.0. The Morgan fingerprint density at radius 1 is 1.58 bits per heavy atom. The molecule has 19 heavy (non-hydrogen) atoms. The summed E-state index contributed by atoms with van der Waals surface area (Å²) in [5.41, 5.74) is 2.13. The Balaban J connectivity index is 2.12. The summed E-state index contributed by atoms with van der Waals surface area (Å²) in [4.78, 5) is 17.7. The van der Waals surface area contributed by atoms with Gasteiger partial charge in [0.25, 0.3) is 0 Å². The number of aliphatic carboxylic acids is 1. The van der Waals surface area contributed by atoms with Gasteiger partial charge < -0.3 is 9.84 Å². The molecule has 0 aliphatic carbocycles. The molecular weight excluding hydrogens is 244 g/mol. The molecule has 0 spiro atoms. The van der Waals surface area contributed by atoms with Crippen molar-refractivity contribution in [2.45, 2.75) is 26.4 Å². The van der Waals surface area contributed by atoms with Crippen molar-refractivity contribution in [3.05, 3.63) is 29.6 Å². The van der Waals surface area contributed by atoms with Crippen molar-refractivity contribution in [2.75, 3.05) is 19.8 Å². The van der Waals surface area contributed by atoms with Gasteiger partial charge in [0.2, 0.25) is 0 Å². The first-order chi connectivity index (χ1) is 9.13. The van der Waals surface area contributed by atoms with Gasteiger partial charge in [0.15, 0.2) is 0 Å². The molecular formula is C14H20N2O3. The zero-order valence-corrected chi connectivity index (χ0v) is 11.4. The summed E-state index contributed by atoms with van der Waals surface area (Å²) in [6, 6.07) is 3.87. The summed E-state index contributed by atoms with van der Waals surface area (Å²) in [6.07, 6.45) is 1.77. The molecule has 0 amide bonds. The molecule has 1 saturated heterocycles. The lowest BCUT2D eigenvalue weighted by Crippen LogP contribution is -2.42. The number of nitrogens with zero attached hydrogens (tertiary/aromatic N) is 2. The summed E-state index contributed by atoms with van der Waals surface area (Å²) < 4.78 is 5.34. The van der Waals surface area contributed by atoms with Crippen LogP contribution in [-0.4, -0.2) is 46.8 Å². The third-order valence-corrected chi connectivity index (χ3v) is 3.71. The van der Waals surface area contributed by atoms with E-state index in [-0.39, 0.29) is 6.04 Å². The van der Waals surface area contributed by atoms with E-state index in [4.69, 9.17) is 4.74 Å². The van der Waals surface area contributed by atoms with Crippen LogP contribution in [0.4, 0.5) is 0 Å². The average Bonchev–Trinajstić information content (AvgIpc) is 2.87. The quantitative estimate of drug-likeness (QED) is 0.869. The van der Waals surface area contributed by atoms with E-state index in [0.29, 0.717) is 19.8 Å². The molecule has 0 saturated carbocycles. The van der Waals surface area contributed by atoms with Crippen molar-refractivity contribution in [3.63, 3.8) is 0 Å². The fourth-order valence-corrected chi connectivity index (χ4v) is 2.48. The molecule has 104 valence electrons. The van der Waals surface area contributed by atoms with E-state index in [2.05, 4.69) is 9.88 Å². The Morgan fingerprint density at radius 2 is 2.37 bits per heavy atom. The number of rotatable bonds is 5. The maximum Gasteiger partial charge on any atom is 0.310 e. The molecule has 2 heterocycles. The highest BCUT2D eigenvalue weighted by molar-refractivity contribution is 5.71. The number of carboxylic acids is 1. The number of ether oxygens (including phenoxy) is 1. The zero-order chi connectivity index (χ0) is 13.8. The Bertz CT molecular complexity index is 450. The first-order valence-corrected chi connectivity index (χ1v) is 6.58. The number of pyridine rings is 1. The highest BCUT2D eigenvalue weighted by atomic mass is 16.5. The van der Waals surface area contributed by atoms with E-state index in [1.54, 1.807) is 6.20 Å². The SMILES string of the molecule is CCN(Cc1ncccc1C)C1COCC1C(=O)O. The van der Waals surface area contributed by atoms with E-state index in [9.17, 15) is 9.90 Å². The Hall–Kier alpha value is -1.46. The van der Waals surface area contributed by atoms with Crippen LogP contribution in [0.15, 0.2) is 18.3 Å². The normalized spacial score (nSPS) is 22.9. The fraction of sp³-hybridized carbons (Fsp3) is 0.571. The molecule has 1 aromatic rings. The van der Waals surface area contributed by atoms with Crippen molar-refractivity contribution in [2.24, 2.45) is 5.92 Å². The third kappa shape index (κ3) is 3.11. The van der Waals surface area contributed by atoms with Gasteiger partial charge in [0.05, 0.1) is 24.8 Å². The lowest BCUT2D eigenvalue weighted by Gasteiger charge is -2.29. The predicted octanol–water partition coefficient (Wildman–Crippen LogP) is 1.31. The molecule has 0 aromatic carbocycles. The van der Waals surface area contributed by atoms with E-state index in [1.165, 1.54) is 0 Å². The second-order valence-electron chi connectivity index (χ2n) is 4.88. The minimum atomic E-state index is -0.779. The van der Waals surface area contributed by atoms with Crippen molar-refractivity contribution < 1.29 is 14.6 Å². The molecule has 5 heteroatoms. The van der Waals surface area contributed by atoms with Crippen LogP contribution in [0.2, 0.25) is 0 Å². The van der Waals surface area contributed by atoms with Crippen molar-refractivity contribution >= 4 is 5.97 Å². The molecule has 1 aliphatic rings. The smallest absolute Gasteiger partial charge is 0.310 e. The van der Waals surface area contributed by atoms with Gasteiger partial charge in [0.1, 0.15) is 0 Å². The van der Waals surface area contributed by atoms with Crippen molar-refractivity contribution in [1.82, 2.24) is 9.88 Å². The molecule has 2 atom stereocenters. The number of aromatic nitrogens is 1. The summed E-state index contributed by atoms with van der Waals surface area (Å²) in [6.45, 7) is 6.30. The van der Waals surface area contributed by atoms with Gasteiger partial charge in [-0.15, -0.1) is 0 Å². The Kier molecular flexibility index (Phi) is 4.50. The monoisotopic (exact) mass is 264 g/mol. The average molecular weight is 264 g/mol. The zero-order valence-electron chi connectivity index (χ0n) is 11.4. The van der Waals surface area contributed by atoms with E-state index in [0.717, 1.165) is 17.8 Å². The van der Waals surface area contributed by atoms with Gasteiger partial charge in [-0.1, -0.05) is 13.0 Å². The predicted molar refractivity (Wildman–Crippen MR) is 70.8 cm³/mol. The van der Waals surface area contributed by atoms with Gasteiger partial charge in [-0.2, -0.15) is 0 Å². The van der Waals surface area contributed by atoms with Gasteiger partial charge in [-0.25, -0.2) is 0 Å². The summed E-state index contributed by atoms with van der Waals surface area (Å²) in [7, 11) is 0. The summed E-state index contributed by atoms with van der Waals surface area (Å²) >= 11 is 0. The van der Waals surface area contributed by atoms with Gasteiger partial charge in [-0.05, 0) is 25.1 Å². The second-order valence-corrected chi connectivity index (χ2v) is 4.88. The van der Waals surface area contributed by atoms with Crippen LogP contribution in [0.3, 0.4) is 0 Å². The van der Waals surface area contributed by atoms with Crippen molar-refractivity contribution in [3.8, 4) is 0 Å². The molecule has 2 rings (SSSR count). The number of hydrogen-bond acceptors (Lipinski definition) is 4. The van der Waals surface area contributed by atoms with Crippen LogP contribution in [0.1, 0.15) is 18.2 Å². The van der Waals surface area contributed by atoms with E-state index >= 15 is 0 Å². The first-order valence-electron chi connectivity index (χ1n) is 6.58. The largest absolute Gasteiger partial charge is 0.481 e.